The number of fused-ring (bicyclic) bond motifs is 11. The summed E-state index contributed by atoms with van der Waals surface area (Å²) in [7, 11) is 0. The molecule has 0 unspecified atom stereocenters. The second-order valence-electron chi connectivity index (χ2n) is 14.4. The molecule has 5 heteroatoms. The predicted octanol–water partition coefficient (Wildman–Crippen LogP) is 13.6. The minimum atomic E-state index is 0.503. The van der Waals surface area contributed by atoms with Gasteiger partial charge in [0.2, 0.25) is 5.71 Å². The van der Waals surface area contributed by atoms with Crippen LogP contribution in [-0.4, -0.2) is 14.5 Å². The van der Waals surface area contributed by atoms with Gasteiger partial charge in [0.15, 0.2) is 0 Å². The molecular formula is C50H27N3O2. The number of furan rings is 2. The van der Waals surface area contributed by atoms with E-state index in [9.17, 15) is 0 Å². The fourth-order valence-electron chi connectivity index (χ4n) is 9.23. The maximum atomic E-state index is 6.39. The van der Waals surface area contributed by atoms with Gasteiger partial charge in [0, 0.05) is 43.4 Å². The molecule has 13 aromatic rings. The number of hydrogen-bond acceptors (Lipinski definition) is 4. The molecule has 0 radical (unpaired) electrons. The summed E-state index contributed by atoms with van der Waals surface area (Å²) in [6, 6.07) is 57.8. The van der Waals surface area contributed by atoms with Crippen molar-refractivity contribution in [2.75, 3.05) is 0 Å². The predicted molar refractivity (Wildman–Crippen MR) is 226 cm³/mol. The fraction of sp³-hybridized carbons (Fsp3) is 0. The lowest BCUT2D eigenvalue weighted by Gasteiger charge is -2.16. The largest absolute Gasteiger partial charge is 0.456 e. The minimum Gasteiger partial charge on any atom is -0.456 e. The minimum absolute atomic E-state index is 0.503. The molecule has 5 nitrogen and oxygen atoms in total. The van der Waals surface area contributed by atoms with E-state index in [4.69, 9.17) is 18.8 Å². The van der Waals surface area contributed by atoms with Gasteiger partial charge in [0.1, 0.15) is 28.0 Å². The van der Waals surface area contributed by atoms with E-state index >= 15 is 0 Å². The zero-order valence-corrected chi connectivity index (χ0v) is 29.2. The Labute approximate surface area is 312 Å². The number of para-hydroxylation sites is 3. The van der Waals surface area contributed by atoms with Crippen molar-refractivity contribution in [3.63, 3.8) is 0 Å². The molecule has 0 bridgehead atoms. The molecule has 13 rings (SSSR count). The molecule has 0 spiro atoms. The molecule has 0 aliphatic rings. The molecule has 9 aromatic carbocycles. The van der Waals surface area contributed by atoms with Crippen molar-refractivity contribution in [1.82, 2.24) is 14.5 Å². The van der Waals surface area contributed by atoms with Gasteiger partial charge in [0.05, 0.1) is 22.4 Å². The van der Waals surface area contributed by atoms with Gasteiger partial charge in [-0.2, -0.15) is 0 Å². The number of rotatable bonds is 3. The molecule has 0 saturated heterocycles. The molecule has 4 aromatic heterocycles. The normalized spacial score (nSPS) is 12.4. The number of hydrogen-bond donors (Lipinski definition) is 0. The lowest BCUT2D eigenvalue weighted by molar-refractivity contribution is 0.653. The molecule has 0 saturated carbocycles. The Morgan fingerprint density at radius 2 is 1.07 bits per heavy atom. The Morgan fingerprint density at radius 1 is 0.400 bits per heavy atom. The van der Waals surface area contributed by atoms with Crippen molar-refractivity contribution in [2.24, 2.45) is 0 Å². The monoisotopic (exact) mass is 701 g/mol. The van der Waals surface area contributed by atoms with Crippen LogP contribution in [0.5, 0.6) is 0 Å². The van der Waals surface area contributed by atoms with Crippen LogP contribution in [0.4, 0.5) is 0 Å². The summed E-state index contributed by atoms with van der Waals surface area (Å²) in [4.78, 5) is 10.8. The maximum absolute atomic E-state index is 6.39. The summed E-state index contributed by atoms with van der Waals surface area (Å²) in [5.74, 6) is 0. The lowest BCUT2D eigenvalue weighted by atomic mass is 9.91. The van der Waals surface area contributed by atoms with Gasteiger partial charge >= 0.3 is 0 Å². The SMILES string of the molecule is c1ccc(-n2c3cccc4c5ccccc5c5c6ccccc6cc2c5c43)c(-c2nc3c(nc2-c2ccc4c(c2)oc2ccccc24)oc2ccccc23)c1. The fourth-order valence-corrected chi connectivity index (χ4v) is 9.23. The van der Waals surface area contributed by atoms with Crippen LogP contribution in [0.15, 0.2) is 173 Å². The van der Waals surface area contributed by atoms with Crippen LogP contribution in [0.3, 0.4) is 0 Å². The molecular weight excluding hydrogens is 675 g/mol. The zero-order valence-electron chi connectivity index (χ0n) is 29.2. The van der Waals surface area contributed by atoms with E-state index in [1.807, 2.05) is 36.4 Å². The Kier molecular flexibility index (Phi) is 5.57. The summed E-state index contributed by atoms with van der Waals surface area (Å²) >= 11 is 0. The topological polar surface area (TPSA) is 57.0 Å². The van der Waals surface area contributed by atoms with Crippen LogP contribution >= 0.6 is 0 Å². The van der Waals surface area contributed by atoms with Crippen LogP contribution in [0.1, 0.15) is 0 Å². The van der Waals surface area contributed by atoms with Crippen molar-refractivity contribution < 1.29 is 8.83 Å². The number of benzene rings is 9. The van der Waals surface area contributed by atoms with Gasteiger partial charge in [0.25, 0.3) is 0 Å². The van der Waals surface area contributed by atoms with Crippen LogP contribution in [0.2, 0.25) is 0 Å². The summed E-state index contributed by atoms with van der Waals surface area (Å²) < 4.78 is 15.2. The molecule has 4 heterocycles. The van der Waals surface area contributed by atoms with Crippen molar-refractivity contribution in [3.8, 4) is 28.2 Å². The number of nitrogens with zero attached hydrogens (tertiary/aromatic N) is 3. The Morgan fingerprint density at radius 3 is 1.96 bits per heavy atom. The lowest BCUT2D eigenvalue weighted by Crippen LogP contribution is -2.01. The first kappa shape index (κ1) is 29.0. The van der Waals surface area contributed by atoms with E-state index in [2.05, 4.69) is 132 Å². The summed E-state index contributed by atoms with van der Waals surface area (Å²) in [6.07, 6.45) is 0. The quantitative estimate of drug-likeness (QED) is 0.172. The number of aromatic nitrogens is 3. The molecule has 0 fully saturated rings. The van der Waals surface area contributed by atoms with Crippen molar-refractivity contribution in [3.05, 3.63) is 164 Å². The molecule has 254 valence electrons. The first-order valence-electron chi connectivity index (χ1n) is 18.6. The molecule has 0 amide bonds. The van der Waals surface area contributed by atoms with E-state index in [1.54, 1.807) is 0 Å². The first-order chi connectivity index (χ1) is 27.3. The molecule has 0 N–H and O–H groups in total. The van der Waals surface area contributed by atoms with Gasteiger partial charge < -0.3 is 13.4 Å². The highest BCUT2D eigenvalue weighted by Crippen LogP contribution is 2.48. The van der Waals surface area contributed by atoms with Crippen LogP contribution < -0.4 is 0 Å². The van der Waals surface area contributed by atoms with Gasteiger partial charge in [-0.05, 0) is 75.5 Å². The third kappa shape index (κ3) is 3.86. The standard InChI is InChI=1S/C50H27N3O2/c1-2-13-30-28(12-1)26-40-46-44(30)34-16-4-3-14-31(34)35-19-11-21-39(45(35)46)53(40)38-20-8-5-17-36(38)48-47(52-50-49(51-48)37-18-7-10-23-42(37)55-50)29-24-25-33-32-15-6-9-22-41(32)54-43(33)27-29/h1-27H. The Hall–Kier alpha value is -7.50. The summed E-state index contributed by atoms with van der Waals surface area (Å²) in [5, 5.41) is 13.2. The van der Waals surface area contributed by atoms with Crippen LogP contribution in [-0.2, 0) is 0 Å². The van der Waals surface area contributed by atoms with Crippen LogP contribution in [0, 0.1) is 0 Å². The van der Waals surface area contributed by atoms with Crippen molar-refractivity contribution in [1.29, 1.82) is 0 Å². The van der Waals surface area contributed by atoms with E-state index in [0.717, 1.165) is 77.7 Å². The molecule has 55 heavy (non-hydrogen) atoms. The highest BCUT2D eigenvalue weighted by Gasteiger charge is 2.25. The third-order valence-electron chi connectivity index (χ3n) is 11.6. The average Bonchev–Trinajstić information content (AvgIpc) is 3.91. The average molecular weight is 702 g/mol. The molecule has 0 aliphatic heterocycles. The van der Waals surface area contributed by atoms with Gasteiger partial charge in [-0.15, -0.1) is 0 Å². The molecule has 0 atom stereocenters. The van der Waals surface area contributed by atoms with E-state index in [-0.39, 0.29) is 0 Å². The zero-order chi connectivity index (χ0) is 35.8. The molecule has 0 aliphatic carbocycles. The smallest absolute Gasteiger partial charge is 0.246 e. The third-order valence-corrected chi connectivity index (χ3v) is 11.6. The first-order valence-corrected chi connectivity index (χ1v) is 18.6. The summed E-state index contributed by atoms with van der Waals surface area (Å²) in [5.41, 5.74) is 10.4. The highest BCUT2D eigenvalue weighted by molar-refractivity contribution is 6.39. The van der Waals surface area contributed by atoms with E-state index in [1.165, 1.54) is 43.1 Å². The Balaban J connectivity index is 1.17. The van der Waals surface area contributed by atoms with Crippen molar-refractivity contribution >= 4 is 98.3 Å². The van der Waals surface area contributed by atoms with Gasteiger partial charge in [-0.1, -0.05) is 115 Å². The van der Waals surface area contributed by atoms with Gasteiger partial charge in [-0.3, -0.25) is 0 Å². The second-order valence-corrected chi connectivity index (χ2v) is 14.4. The Bertz CT molecular complexity index is 3730. The van der Waals surface area contributed by atoms with E-state index < -0.39 is 0 Å². The van der Waals surface area contributed by atoms with Gasteiger partial charge in [-0.25, -0.2) is 9.97 Å². The van der Waals surface area contributed by atoms with Crippen LogP contribution in [0.25, 0.3) is 126 Å². The highest BCUT2D eigenvalue weighted by atomic mass is 16.3. The summed E-state index contributed by atoms with van der Waals surface area (Å²) in [6.45, 7) is 0. The second kappa shape index (κ2) is 10.6. The maximum Gasteiger partial charge on any atom is 0.246 e. The van der Waals surface area contributed by atoms with E-state index in [0.29, 0.717) is 5.71 Å². The van der Waals surface area contributed by atoms with Crippen molar-refractivity contribution in [2.45, 2.75) is 0 Å².